The van der Waals surface area contributed by atoms with Gasteiger partial charge in [0.1, 0.15) is 22.4 Å². The zero-order valence-corrected chi connectivity index (χ0v) is 18.6. The number of para-hydroxylation sites is 1. The summed E-state index contributed by atoms with van der Waals surface area (Å²) in [6, 6.07) is 16.7. The molecule has 10 heteroatoms. The van der Waals surface area contributed by atoms with E-state index in [2.05, 4.69) is 16.3 Å². The van der Waals surface area contributed by atoms with E-state index in [4.69, 9.17) is 20.8 Å². The average molecular weight is 471 g/mol. The van der Waals surface area contributed by atoms with Crippen LogP contribution in [0.2, 0.25) is 5.02 Å². The number of rotatable bonds is 7. The van der Waals surface area contributed by atoms with Crippen molar-refractivity contribution in [1.82, 2.24) is 10.2 Å². The molecule has 0 aliphatic carbocycles. The van der Waals surface area contributed by atoms with Gasteiger partial charge in [-0.3, -0.25) is 4.79 Å². The Kier molecular flexibility index (Phi) is 6.51. The summed E-state index contributed by atoms with van der Waals surface area (Å²) in [4.78, 5) is 15.6. The van der Waals surface area contributed by atoms with Crippen molar-refractivity contribution in [3.05, 3.63) is 70.0 Å². The highest BCUT2D eigenvalue weighted by molar-refractivity contribution is 8.03. The molecule has 0 bridgehead atoms. The molecule has 1 aliphatic heterocycles. The number of carbonyl (C=O) groups excluding carboxylic acids is 1. The van der Waals surface area contributed by atoms with Gasteiger partial charge in [0, 0.05) is 17.0 Å². The van der Waals surface area contributed by atoms with Crippen LogP contribution in [0.5, 0.6) is 5.75 Å². The maximum Gasteiger partial charge on any atom is 0.277 e. The van der Waals surface area contributed by atoms with Gasteiger partial charge in [-0.05, 0) is 36.4 Å². The molecular weight excluding hydrogens is 456 g/mol. The Morgan fingerprint density at radius 1 is 1.26 bits per heavy atom. The van der Waals surface area contributed by atoms with Crippen molar-refractivity contribution in [2.45, 2.75) is 16.7 Å². The SMILES string of the molecule is CN1/C(=C(\C#N)C(=O)CSc2nnc(COc3ccc(Cl)cc3)o2)Sc2ccccc21. The van der Waals surface area contributed by atoms with Crippen LogP contribution in [0.4, 0.5) is 5.69 Å². The summed E-state index contributed by atoms with van der Waals surface area (Å²) in [5.74, 6) is 0.616. The van der Waals surface area contributed by atoms with Crippen LogP contribution in [0.3, 0.4) is 0 Å². The van der Waals surface area contributed by atoms with E-state index in [0.717, 1.165) is 22.3 Å². The smallest absolute Gasteiger partial charge is 0.277 e. The fourth-order valence-corrected chi connectivity index (χ4v) is 4.72. The zero-order valence-electron chi connectivity index (χ0n) is 16.2. The molecule has 0 radical (unpaired) electrons. The molecule has 0 N–H and O–H groups in total. The molecular formula is C21H15ClN4O3S2. The normalized spacial score (nSPS) is 14.2. The molecule has 156 valence electrons. The molecule has 0 saturated heterocycles. The van der Waals surface area contributed by atoms with Crippen LogP contribution in [-0.4, -0.2) is 28.8 Å². The second kappa shape index (κ2) is 9.47. The number of ketones is 1. The summed E-state index contributed by atoms with van der Waals surface area (Å²) < 4.78 is 11.1. The first-order chi connectivity index (χ1) is 15.0. The monoisotopic (exact) mass is 470 g/mol. The number of benzene rings is 2. The standard InChI is InChI=1S/C21H15ClN4O3S2/c1-26-16-4-2-3-5-18(16)31-20(26)15(10-23)17(27)12-30-21-25-24-19(29-21)11-28-14-8-6-13(22)7-9-14/h2-9H,11-12H2,1H3/b20-15-. The van der Waals surface area contributed by atoms with Gasteiger partial charge in [-0.2, -0.15) is 5.26 Å². The lowest BCUT2D eigenvalue weighted by molar-refractivity contribution is -0.112. The number of nitriles is 1. The van der Waals surface area contributed by atoms with Crippen LogP contribution in [-0.2, 0) is 11.4 Å². The van der Waals surface area contributed by atoms with Crippen LogP contribution >= 0.6 is 35.1 Å². The number of nitrogens with zero attached hydrogens (tertiary/aromatic N) is 4. The fraction of sp³-hybridized carbons (Fsp3) is 0.143. The molecule has 0 spiro atoms. The summed E-state index contributed by atoms with van der Waals surface area (Å²) in [6.45, 7) is 0.0936. The molecule has 2 aromatic carbocycles. The Bertz CT molecular complexity index is 1190. The van der Waals surface area contributed by atoms with Crippen molar-refractivity contribution in [2.75, 3.05) is 17.7 Å². The summed E-state index contributed by atoms with van der Waals surface area (Å²) in [5.41, 5.74) is 1.08. The van der Waals surface area contributed by atoms with Crippen molar-refractivity contribution in [3.63, 3.8) is 0 Å². The lowest BCUT2D eigenvalue weighted by atomic mass is 10.2. The Hall–Kier alpha value is -2.93. The van der Waals surface area contributed by atoms with Crippen LogP contribution in [0.25, 0.3) is 0 Å². The fourth-order valence-electron chi connectivity index (χ4n) is 2.78. The first-order valence-corrected chi connectivity index (χ1v) is 11.2. The number of carbonyl (C=O) groups is 1. The first kappa shape index (κ1) is 21.3. The highest BCUT2D eigenvalue weighted by Crippen LogP contribution is 2.46. The number of allylic oxidation sites excluding steroid dienone is 1. The van der Waals surface area contributed by atoms with Gasteiger partial charge in [0.05, 0.1) is 11.4 Å². The molecule has 7 nitrogen and oxygen atoms in total. The Balaban J connectivity index is 1.36. The minimum Gasteiger partial charge on any atom is -0.484 e. The number of fused-ring (bicyclic) bond motifs is 1. The average Bonchev–Trinajstić information content (AvgIpc) is 3.37. The van der Waals surface area contributed by atoms with Gasteiger partial charge in [-0.15, -0.1) is 10.2 Å². The third-order valence-corrected chi connectivity index (χ3v) is 6.60. The molecule has 4 rings (SSSR count). The minimum absolute atomic E-state index is 0.0107. The molecule has 2 heterocycles. The van der Waals surface area contributed by atoms with Gasteiger partial charge in [0.25, 0.3) is 11.1 Å². The molecule has 0 saturated carbocycles. The summed E-state index contributed by atoms with van der Waals surface area (Å²) in [5, 5.41) is 18.9. The maximum atomic E-state index is 12.7. The highest BCUT2D eigenvalue weighted by Gasteiger charge is 2.28. The first-order valence-electron chi connectivity index (χ1n) is 9.07. The van der Waals surface area contributed by atoms with E-state index in [9.17, 15) is 10.1 Å². The molecule has 31 heavy (non-hydrogen) atoms. The number of halogens is 1. The van der Waals surface area contributed by atoms with Crippen molar-refractivity contribution in [3.8, 4) is 11.8 Å². The molecule has 0 unspecified atom stereocenters. The van der Waals surface area contributed by atoms with E-state index in [-0.39, 0.29) is 34.8 Å². The Morgan fingerprint density at radius 2 is 2.03 bits per heavy atom. The number of aromatic nitrogens is 2. The van der Waals surface area contributed by atoms with Crippen LogP contribution in [0.1, 0.15) is 5.89 Å². The maximum absolute atomic E-state index is 12.7. The van der Waals surface area contributed by atoms with Crippen LogP contribution in [0.15, 0.2) is 73.7 Å². The molecule has 3 aromatic rings. The lowest BCUT2D eigenvalue weighted by Crippen LogP contribution is -2.16. The van der Waals surface area contributed by atoms with Gasteiger partial charge < -0.3 is 14.1 Å². The summed E-state index contributed by atoms with van der Waals surface area (Å²) in [7, 11) is 1.84. The van der Waals surface area contributed by atoms with E-state index in [0.29, 0.717) is 15.8 Å². The molecule has 0 fully saturated rings. The second-order valence-electron chi connectivity index (χ2n) is 6.34. The topological polar surface area (TPSA) is 92.2 Å². The number of Topliss-reactive ketones (excluding diaryl/α,β-unsaturated/α-hetero) is 1. The molecule has 1 aliphatic rings. The van der Waals surface area contributed by atoms with Crippen molar-refractivity contribution < 1.29 is 13.9 Å². The van der Waals surface area contributed by atoms with E-state index >= 15 is 0 Å². The van der Waals surface area contributed by atoms with Gasteiger partial charge in [0.2, 0.25) is 0 Å². The molecule has 0 amide bonds. The van der Waals surface area contributed by atoms with Crippen molar-refractivity contribution in [1.29, 1.82) is 5.26 Å². The van der Waals surface area contributed by atoms with Crippen LogP contribution < -0.4 is 9.64 Å². The van der Waals surface area contributed by atoms with E-state index in [1.165, 1.54) is 11.8 Å². The predicted molar refractivity (Wildman–Crippen MR) is 119 cm³/mol. The predicted octanol–water partition coefficient (Wildman–Crippen LogP) is 4.94. The minimum atomic E-state index is -0.299. The number of thioether (sulfide) groups is 2. The van der Waals surface area contributed by atoms with Gasteiger partial charge in [0.15, 0.2) is 12.4 Å². The largest absolute Gasteiger partial charge is 0.484 e. The quantitative estimate of drug-likeness (QED) is 0.270. The van der Waals surface area contributed by atoms with Crippen LogP contribution in [0, 0.1) is 11.3 Å². The van der Waals surface area contributed by atoms with Gasteiger partial charge in [-0.25, -0.2) is 0 Å². The van der Waals surface area contributed by atoms with E-state index in [1.54, 1.807) is 24.3 Å². The zero-order chi connectivity index (χ0) is 21.8. The van der Waals surface area contributed by atoms with Crippen molar-refractivity contribution >= 4 is 46.6 Å². The van der Waals surface area contributed by atoms with E-state index in [1.807, 2.05) is 36.2 Å². The third-order valence-electron chi connectivity index (χ3n) is 4.29. The third kappa shape index (κ3) is 4.88. The highest BCUT2D eigenvalue weighted by atomic mass is 35.5. The lowest BCUT2D eigenvalue weighted by Gasteiger charge is -2.14. The number of anilines is 1. The number of ether oxygens (including phenoxy) is 1. The van der Waals surface area contributed by atoms with Gasteiger partial charge in [-0.1, -0.05) is 47.3 Å². The van der Waals surface area contributed by atoms with E-state index < -0.39 is 0 Å². The number of hydrogen-bond acceptors (Lipinski definition) is 9. The Labute approximate surface area is 192 Å². The summed E-state index contributed by atoms with van der Waals surface area (Å²) in [6.07, 6.45) is 0. The van der Waals surface area contributed by atoms with Crippen molar-refractivity contribution in [2.24, 2.45) is 0 Å². The number of hydrogen-bond donors (Lipinski definition) is 0. The summed E-state index contributed by atoms with van der Waals surface area (Å²) >= 11 is 8.34. The Morgan fingerprint density at radius 3 is 2.77 bits per heavy atom. The second-order valence-corrected chi connectivity index (χ2v) is 8.73. The molecule has 1 aromatic heterocycles. The van der Waals surface area contributed by atoms with Gasteiger partial charge >= 0.3 is 0 Å². The molecule has 0 atom stereocenters.